The average molecular weight is 432 g/mol. The van der Waals surface area contributed by atoms with Gasteiger partial charge in [0, 0.05) is 63.1 Å². The number of carbonyl (C=O) groups is 1. The fourth-order valence-corrected chi connectivity index (χ4v) is 3.23. The van der Waals surface area contributed by atoms with Crippen molar-refractivity contribution in [2.45, 2.75) is 0 Å². The molecule has 5 nitrogen and oxygen atoms in total. The number of anilines is 1. The molecule has 1 aromatic carbocycles. The summed E-state index contributed by atoms with van der Waals surface area (Å²) in [5.41, 5.74) is 1.14. The minimum atomic E-state index is 0. The van der Waals surface area contributed by atoms with Gasteiger partial charge in [0.25, 0.3) is 0 Å². The van der Waals surface area contributed by atoms with Gasteiger partial charge in [0.2, 0.25) is 5.91 Å². The number of piperazine rings is 2. The van der Waals surface area contributed by atoms with E-state index in [2.05, 4.69) is 21.2 Å². The molecule has 1 aromatic rings. The van der Waals surface area contributed by atoms with Gasteiger partial charge < -0.3 is 15.1 Å². The predicted molar refractivity (Wildman–Crippen MR) is 111 cm³/mol. The molecule has 1 amide bonds. The van der Waals surface area contributed by atoms with Crippen LogP contribution in [-0.4, -0.2) is 74.6 Å². The van der Waals surface area contributed by atoms with Gasteiger partial charge in [-0.2, -0.15) is 0 Å². The van der Waals surface area contributed by atoms with Gasteiger partial charge in [-0.05, 0) is 18.2 Å². The van der Waals surface area contributed by atoms with Crippen molar-refractivity contribution in [2.75, 3.05) is 63.8 Å². The number of nitrogens with zero attached hydrogens (tertiary/aromatic N) is 3. The molecule has 2 saturated heterocycles. The average Bonchev–Trinajstić information content (AvgIpc) is 2.56. The van der Waals surface area contributed by atoms with E-state index in [0.717, 1.165) is 63.1 Å². The van der Waals surface area contributed by atoms with Gasteiger partial charge >= 0.3 is 0 Å². The Bertz CT molecular complexity index is 521. The smallest absolute Gasteiger partial charge is 0.236 e. The van der Waals surface area contributed by atoms with Crippen LogP contribution in [0.25, 0.3) is 0 Å². The molecule has 0 saturated carbocycles. The Balaban J connectivity index is 0.00000192. The van der Waals surface area contributed by atoms with E-state index in [1.807, 2.05) is 23.1 Å². The molecule has 2 heterocycles. The van der Waals surface area contributed by atoms with E-state index < -0.39 is 0 Å². The minimum Gasteiger partial charge on any atom is -0.368 e. The molecule has 1 N–H and O–H groups in total. The predicted octanol–water partition coefficient (Wildman–Crippen LogP) is 2.16. The molecule has 9 heteroatoms. The van der Waals surface area contributed by atoms with Gasteiger partial charge in [0.05, 0.1) is 6.54 Å². The molecule has 0 radical (unpaired) electrons. The third kappa shape index (κ3) is 7.00. The Morgan fingerprint density at radius 3 is 2.24 bits per heavy atom. The summed E-state index contributed by atoms with van der Waals surface area (Å²) >= 11 is 6.05. The van der Waals surface area contributed by atoms with Crippen LogP contribution in [0.4, 0.5) is 5.69 Å². The van der Waals surface area contributed by atoms with Crippen LogP contribution in [0, 0.1) is 0 Å². The van der Waals surface area contributed by atoms with Crippen LogP contribution in [0.1, 0.15) is 0 Å². The fraction of sp³-hybridized carbons (Fsp3) is 0.562. The third-order valence-corrected chi connectivity index (χ3v) is 4.61. The van der Waals surface area contributed by atoms with E-state index in [9.17, 15) is 4.79 Å². The molecular formula is C16H26Cl4N4O. The number of amides is 1. The summed E-state index contributed by atoms with van der Waals surface area (Å²) in [7, 11) is 0. The summed E-state index contributed by atoms with van der Waals surface area (Å²) in [6.45, 7) is 7.77. The monoisotopic (exact) mass is 430 g/mol. The zero-order chi connectivity index (χ0) is 15.4. The number of hydrogen-bond acceptors (Lipinski definition) is 4. The summed E-state index contributed by atoms with van der Waals surface area (Å²) in [6.07, 6.45) is 0. The number of halogens is 4. The molecule has 25 heavy (non-hydrogen) atoms. The summed E-state index contributed by atoms with van der Waals surface area (Å²) in [5, 5.41) is 4.07. The van der Waals surface area contributed by atoms with Crippen molar-refractivity contribution in [1.29, 1.82) is 0 Å². The quantitative estimate of drug-likeness (QED) is 0.795. The van der Waals surface area contributed by atoms with Gasteiger partial charge in [-0.25, -0.2) is 0 Å². The second kappa shape index (κ2) is 12.0. The maximum absolute atomic E-state index is 12.4. The molecule has 0 bridgehead atoms. The first-order valence-electron chi connectivity index (χ1n) is 7.94. The van der Waals surface area contributed by atoms with E-state index in [-0.39, 0.29) is 43.1 Å². The maximum atomic E-state index is 12.4. The zero-order valence-corrected chi connectivity index (χ0v) is 17.2. The number of benzene rings is 1. The van der Waals surface area contributed by atoms with Crippen molar-refractivity contribution >= 4 is 60.4 Å². The van der Waals surface area contributed by atoms with Crippen LogP contribution in [0.2, 0.25) is 5.02 Å². The molecule has 0 aromatic heterocycles. The van der Waals surface area contributed by atoms with Gasteiger partial charge in [-0.3, -0.25) is 9.69 Å². The van der Waals surface area contributed by atoms with Crippen molar-refractivity contribution in [3.63, 3.8) is 0 Å². The second-order valence-electron chi connectivity index (χ2n) is 5.87. The van der Waals surface area contributed by atoms with Crippen molar-refractivity contribution in [3.05, 3.63) is 29.3 Å². The Morgan fingerprint density at radius 1 is 1.00 bits per heavy atom. The molecule has 0 aliphatic carbocycles. The highest BCUT2D eigenvalue weighted by Crippen LogP contribution is 2.20. The molecule has 2 fully saturated rings. The van der Waals surface area contributed by atoms with E-state index >= 15 is 0 Å². The Hall–Kier alpha value is -0.430. The van der Waals surface area contributed by atoms with E-state index in [1.54, 1.807) is 0 Å². The second-order valence-corrected chi connectivity index (χ2v) is 6.31. The first-order chi connectivity index (χ1) is 10.7. The van der Waals surface area contributed by atoms with Gasteiger partial charge in [-0.15, -0.1) is 37.2 Å². The highest BCUT2D eigenvalue weighted by atomic mass is 35.5. The largest absolute Gasteiger partial charge is 0.368 e. The van der Waals surface area contributed by atoms with Gasteiger partial charge in [0.1, 0.15) is 0 Å². The molecule has 2 aliphatic rings. The van der Waals surface area contributed by atoms with Crippen LogP contribution in [0.3, 0.4) is 0 Å². The van der Waals surface area contributed by atoms with Crippen LogP contribution >= 0.6 is 48.8 Å². The number of rotatable bonds is 3. The van der Waals surface area contributed by atoms with Crippen molar-refractivity contribution in [1.82, 2.24) is 15.1 Å². The Kier molecular flexibility index (Phi) is 11.8. The topological polar surface area (TPSA) is 38.8 Å². The first kappa shape index (κ1) is 24.6. The zero-order valence-electron chi connectivity index (χ0n) is 14.0. The molecule has 2 aliphatic heterocycles. The summed E-state index contributed by atoms with van der Waals surface area (Å²) in [4.78, 5) is 18.9. The van der Waals surface area contributed by atoms with E-state index in [0.29, 0.717) is 6.54 Å². The standard InChI is InChI=1S/C16H23ClN4O.3ClH/c17-14-2-1-3-15(12-14)20-8-10-21(11-9-20)16(22)13-19-6-4-18-5-7-19;;;/h1-3,12,18H,4-11,13H2;3*1H. The van der Waals surface area contributed by atoms with Gasteiger partial charge in [-0.1, -0.05) is 17.7 Å². The molecule has 0 atom stereocenters. The summed E-state index contributed by atoms with van der Waals surface area (Å²) in [6, 6.07) is 7.92. The number of carbonyl (C=O) groups excluding carboxylic acids is 1. The summed E-state index contributed by atoms with van der Waals surface area (Å²) < 4.78 is 0. The third-order valence-electron chi connectivity index (χ3n) is 4.37. The molecule has 0 unspecified atom stereocenters. The lowest BCUT2D eigenvalue weighted by molar-refractivity contribution is -0.132. The van der Waals surface area contributed by atoms with Crippen LogP contribution in [0.15, 0.2) is 24.3 Å². The maximum Gasteiger partial charge on any atom is 0.236 e. The highest BCUT2D eigenvalue weighted by molar-refractivity contribution is 6.30. The van der Waals surface area contributed by atoms with Crippen LogP contribution in [-0.2, 0) is 4.79 Å². The van der Waals surface area contributed by atoms with E-state index in [1.165, 1.54) is 0 Å². The SMILES string of the molecule is Cl.Cl.Cl.O=C(CN1CCNCC1)N1CCN(c2cccc(Cl)c2)CC1. The fourth-order valence-electron chi connectivity index (χ4n) is 3.05. The number of hydrogen-bond donors (Lipinski definition) is 1. The number of nitrogens with one attached hydrogen (secondary N) is 1. The first-order valence-corrected chi connectivity index (χ1v) is 8.31. The Morgan fingerprint density at radius 2 is 1.64 bits per heavy atom. The lowest BCUT2D eigenvalue weighted by atomic mass is 10.2. The lowest BCUT2D eigenvalue weighted by Gasteiger charge is -2.37. The van der Waals surface area contributed by atoms with Crippen molar-refractivity contribution < 1.29 is 4.79 Å². The lowest BCUT2D eigenvalue weighted by Crippen LogP contribution is -2.53. The Labute approximate surface area is 173 Å². The minimum absolute atomic E-state index is 0. The molecule has 144 valence electrons. The molecular weight excluding hydrogens is 406 g/mol. The van der Waals surface area contributed by atoms with E-state index in [4.69, 9.17) is 11.6 Å². The van der Waals surface area contributed by atoms with Gasteiger partial charge in [0.15, 0.2) is 0 Å². The van der Waals surface area contributed by atoms with Crippen molar-refractivity contribution in [2.24, 2.45) is 0 Å². The summed E-state index contributed by atoms with van der Waals surface area (Å²) in [5.74, 6) is 0.257. The van der Waals surface area contributed by atoms with Crippen LogP contribution < -0.4 is 10.2 Å². The molecule has 3 rings (SSSR count). The van der Waals surface area contributed by atoms with Crippen LogP contribution in [0.5, 0.6) is 0 Å². The highest BCUT2D eigenvalue weighted by Gasteiger charge is 2.23. The van der Waals surface area contributed by atoms with Crippen molar-refractivity contribution in [3.8, 4) is 0 Å². The molecule has 0 spiro atoms. The normalized spacial score (nSPS) is 17.8.